The number of benzene rings is 1. The van der Waals surface area contributed by atoms with E-state index in [1.54, 1.807) is 26.4 Å². The van der Waals surface area contributed by atoms with Crippen LogP contribution in [0.1, 0.15) is 35.7 Å². The average molecular weight is 369 g/mol. The van der Waals surface area contributed by atoms with E-state index in [2.05, 4.69) is 6.58 Å². The van der Waals surface area contributed by atoms with Crippen molar-refractivity contribution in [2.75, 3.05) is 27.3 Å². The first-order chi connectivity index (χ1) is 11.5. The molecule has 0 radical (unpaired) electrons. The second-order valence-corrected chi connectivity index (χ2v) is 6.35. The predicted molar refractivity (Wildman–Crippen MR) is 103 cm³/mol. The van der Waals surface area contributed by atoms with Crippen molar-refractivity contribution in [2.24, 2.45) is 11.7 Å². The molecule has 2 N–H and O–H groups in total. The molecule has 1 aliphatic heterocycles. The zero-order valence-electron chi connectivity index (χ0n) is 15.3. The molecule has 0 spiro atoms. The lowest BCUT2D eigenvalue weighted by Gasteiger charge is -2.34. The highest BCUT2D eigenvalue weighted by Gasteiger charge is 2.26. The van der Waals surface area contributed by atoms with Crippen LogP contribution < -0.4 is 15.2 Å². The Hall–Kier alpha value is -1.72. The Morgan fingerprint density at radius 2 is 2.00 bits per heavy atom. The summed E-state index contributed by atoms with van der Waals surface area (Å²) in [5, 5.41) is 0. The predicted octanol–water partition coefficient (Wildman–Crippen LogP) is 3.05. The zero-order chi connectivity index (χ0) is 17.7. The molecule has 1 unspecified atom stereocenters. The van der Waals surface area contributed by atoms with Gasteiger partial charge in [0.2, 0.25) is 0 Å². The molecular weight excluding hydrogens is 340 g/mol. The quantitative estimate of drug-likeness (QED) is 0.784. The Morgan fingerprint density at radius 1 is 1.36 bits per heavy atom. The van der Waals surface area contributed by atoms with Gasteiger partial charge in [-0.15, -0.1) is 19.0 Å². The van der Waals surface area contributed by atoms with Crippen LogP contribution in [0.3, 0.4) is 0 Å². The van der Waals surface area contributed by atoms with Gasteiger partial charge in [-0.05, 0) is 44.2 Å². The minimum Gasteiger partial charge on any atom is -0.493 e. The number of amides is 1. The Morgan fingerprint density at radius 3 is 2.48 bits per heavy atom. The van der Waals surface area contributed by atoms with Crippen molar-refractivity contribution in [3.63, 3.8) is 0 Å². The summed E-state index contributed by atoms with van der Waals surface area (Å²) in [6, 6.07) is 3.82. The third-order valence-corrected chi connectivity index (χ3v) is 4.74. The normalized spacial score (nSPS) is 15.9. The van der Waals surface area contributed by atoms with Gasteiger partial charge in [-0.3, -0.25) is 4.79 Å². The molecule has 1 aliphatic rings. The maximum absolute atomic E-state index is 12.9. The number of carbonyl (C=O) groups excluding carboxylic acids is 1. The fourth-order valence-corrected chi connectivity index (χ4v) is 3.28. The molecule has 5 nitrogen and oxygen atoms in total. The van der Waals surface area contributed by atoms with Gasteiger partial charge < -0.3 is 20.1 Å². The number of likely N-dealkylation sites (tertiary alicyclic amines) is 1. The van der Waals surface area contributed by atoms with Crippen LogP contribution in [0.25, 0.3) is 0 Å². The van der Waals surface area contributed by atoms with Crippen LogP contribution >= 0.6 is 12.4 Å². The second-order valence-electron chi connectivity index (χ2n) is 6.35. The van der Waals surface area contributed by atoms with Crippen LogP contribution in [0.2, 0.25) is 0 Å². The molecular formula is C19H29ClN2O3. The summed E-state index contributed by atoms with van der Waals surface area (Å²) in [6.45, 7) is 7.30. The molecule has 1 saturated heterocycles. The number of carbonyl (C=O) groups is 1. The molecule has 1 aromatic carbocycles. The maximum atomic E-state index is 12.9. The van der Waals surface area contributed by atoms with Crippen LogP contribution in [0.4, 0.5) is 0 Å². The summed E-state index contributed by atoms with van der Waals surface area (Å²) < 4.78 is 10.8. The molecule has 1 aromatic rings. The van der Waals surface area contributed by atoms with Crippen molar-refractivity contribution in [1.82, 2.24) is 4.90 Å². The fourth-order valence-electron chi connectivity index (χ4n) is 3.28. The van der Waals surface area contributed by atoms with Crippen molar-refractivity contribution in [1.29, 1.82) is 0 Å². The number of hydrogen-bond acceptors (Lipinski definition) is 4. The minimum absolute atomic E-state index is 0. The highest BCUT2D eigenvalue weighted by molar-refractivity contribution is 5.95. The van der Waals surface area contributed by atoms with Gasteiger partial charge in [0.1, 0.15) is 0 Å². The van der Waals surface area contributed by atoms with Crippen LogP contribution in [0.15, 0.2) is 24.8 Å². The van der Waals surface area contributed by atoms with Crippen molar-refractivity contribution < 1.29 is 14.3 Å². The smallest absolute Gasteiger partial charge is 0.254 e. The molecule has 0 bridgehead atoms. The van der Waals surface area contributed by atoms with E-state index in [1.807, 2.05) is 17.9 Å². The van der Waals surface area contributed by atoms with Crippen LogP contribution in [0, 0.1) is 5.92 Å². The van der Waals surface area contributed by atoms with Gasteiger partial charge in [-0.25, -0.2) is 0 Å². The van der Waals surface area contributed by atoms with Gasteiger partial charge in [-0.1, -0.05) is 6.08 Å². The molecule has 0 aromatic heterocycles. The van der Waals surface area contributed by atoms with Crippen molar-refractivity contribution in [3.8, 4) is 11.5 Å². The van der Waals surface area contributed by atoms with E-state index in [0.29, 0.717) is 29.4 Å². The number of hydrogen-bond donors (Lipinski definition) is 1. The topological polar surface area (TPSA) is 64.8 Å². The summed E-state index contributed by atoms with van der Waals surface area (Å²) in [5.41, 5.74) is 7.51. The fraction of sp³-hybridized carbons (Fsp3) is 0.526. The van der Waals surface area contributed by atoms with Crippen molar-refractivity contribution in [3.05, 3.63) is 35.9 Å². The molecule has 1 atom stereocenters. The first kappa shape index (κ1) is 21.3. The second kappa shape index (κ2) is 9.68. The third kappa shape index (κ3) is 4.89. The van der Waals surface area contributed by atoms with E-state index in [-0.39, 0.29) is 24.4 Å². The van der Waals surface area contributed by atoms with E-state index >= 15 is 0 Å². The summed E-state index contributed by atoms with van der Waals surface area (Å²) in [4.78, 5) is 14.8. The van der Waals surface area contributed by atoms with Gasteiger partial charge >= 0.3 is 0 Å². The summed E-state index contributed by atoms with van der Waals surface area (Å²) in [7, 11) is 3.18. The monoisotopic (exact) mass is 368 g/mol. The summed E-state index contributed by atoms with van der Waals surface area (Å²) in [5.74, 6) is 1.76. The number of nitrogens with zero attached hydrogens (tertiary/aromatic N) is 1. The molecule has 1 amide bonds. The molecule has 2 rings (SSSR count). The molecule has 6 heteroatoms. The minimum atomic E-state index is 0. The van der Waals surface area contributed by atoms with Gasteiger partial charge in [0.05, 0.1) is 14.2 Å². The number of piperidine rings is 1. The third-order valence-electron chi connectivity index (χ3n) is 4.74. The number of allylic oxidation sites excluding steroid dienone is 1. The lowest BCUT2D eigenvalue weighted by Crippen LogP contribution is -2.42. The standard InChI is InChI=1S/C19H28N2O3.ClH/c1-5-6-15-11-16(12-17(23-3)18(15)24-4)19(22)21-9-7-14(8-10-21)13(2)20;/h5,11-14H,1,6-10,20H2,2-4H3;1H. The van der Waals surface area contributed by atoms with E-state index in [4.69, 9.17) is 15.2 Å². The van der Waals surface area contributed by atoms with Crippen LogP contribution in [-0.4, -0.2) is 44.2 Å². The SMILES string of the molecule is C=CCc1cc(C(=O)N2CCC(C(C)N)CC2)cc(OC)c1OC.Cl. The van der Waals surface area contributed by atoms with Gasteiger partial charge in [0, 0.05) is 30.3 Å². The molecule has 1 fully saturated rings. The number of rotatable bonds is 6. The maximum Gasteiger partial charge on any atom is 0.254 e. The Labute approximate surface area is 156 Å². The molecule has 25 heavy (non-hydrogen) atoms. The average Bonchev–Trinajstić information content (AvgIpc) is 2.60. The Bertz CT molecular complexity index is 597. The van der Waals surface area contributed by atoms with E-state index in [1.165, 1.54) is 0 Å². The van der Waals surface area contributed by atoms with E-state index < -0.39 is 0 Å². The number of halogens is 1. The van der Waals surface area contributed by atoms with Gasteiger partial charge in [-0.2, -0.15) is 0 Å². The molecule has 140 valence electrons. The number of methoxy groups -OCH3 is 2. The number of ether oxygens (including phenoxy) is 2. The van der Waals surface area contributed by atoms with Gasteiger partial charge in [0.25, 0.3) is 5.91 Å². The van der Waals surface area contributed by atoms with E-state index in [9.17, 15) is 4.79 Å². The Kier molecular flexibility index (Phi) is 8.26. The first-order valence-electron chi connectivity index (χ1n) is 8.42. The van der Waals surface area contributed by atoms with Crippen LogP contribution in [-0.2, 0) is 6.42 Å². The summed E-state index contributed by atoms with van der Waals surface area (Å²) >= 11 is 0. The largest absolute Gasteiger partial charge is 0.493 e. The summed E-state index contributed by atoms with van der Waals surface area (Å²) in [6.07, 6.45) is 4.32. The van der Waals surface area contributed by atoms with Gasteiger partial charge in [0.15, 0.2) is 11.5 Å². The zero-order valence-corrected chi connectivity index (χ0v) is 16.1. The van der Waals surface area contributed by atoms with E-state index in [0.717, 1.165) is 31.5 Å². The first-order valence-corrected chi connectivity index (χ1v) is 8.42. The molecule has 1 heterocycles. The Balaban J connectivity index is 0.00000312. The van der Waals surface area contributed by atoms with Crippen LogP contribution in [0.5, 0.6) is 11.5 Å². The highest BCUT2D eigenvalue weighted by Crippen LogP contribution is 2.34. The van der Waals surface area contributed by atoms with Crippen molar-refractivity contribution in [2.45, 2.75) is 32.2 Å². The molecule has 0 saturated carbocycles. The van der Waals surface area contributed by atoms with Crippen molar-refractivity contribution >= 4 is 18.3 Å². The highest BCUT2D eigenvalue weighted by atomic mass is 35.5. The lowest BCUT2D eigenvalue weighted by molar-refractivity contribution is 0.0680. The molecule has 0 aliphatic carbocycles. The lowest BCUT2D eigenvalue weighted by atomic mass is 9.90. The number of nitrogens with two attached hydrogens (primary N) is 1.